The van der Waals surface area contributed by atoms with Crippen molar-refractivity contribution in [1.82, 2.24) is 9.88 Å². The highest BCUT2D eigenvalue weighted by atomic mass is 35.5. The van der Waals surface area contributed by atoms with Crippen LogP contribution in [0.1, 0.15) is 16.1 Å². The number of thiazole rings is 1. The summed E-state index contributed by atoms with van der Waals surface area (Å²) in [7, 11) is 5.62. The van der Waals surface area contributed by atoms with Gasteiger partial charge in [-0.2, -0.15) is 0 Å². The molecule has 0 saturated carbocycles. The van der Waals surface area contributed by atoms with Crippen LogP contribution in [-0.2, 0) is 0 Å². The first-order valence-electron chi connectivity index (χ1n) is 9.67. The summed E-state index contributed by atoms with van der Waals surface area (Å²) in [5.41, 5.74) is 0.655. The van der Waals surface area contributed by atoms with Crippen LogP contribution in [0, 0.1) is 0 Å². The van der Waals surface area contributed by atoms with Crippen LogP contribution in [0.25, 0.3) is 20.3 Å². The summed E-state index contributed by atoms with van der Waals surface area (Å²) < 4.78 is 7.23. The number of amides is 1. The van der Waals surface area contributed by atoms with E-state index in [0.29, 0.717) is 37.9 Å². The van der Waals surface area contributed by atoms with Gasteiger partial charge in [0.1, 0.15) is 16.1 Å². The number of hydrogen-bond acceptors (Lipinski definition) is 6. The number of carbonyl (C=O) groups excluding carboxylic acids is 1. The Morgan fingerprint density at radius 2 is 1.87 bits per heavy atom. The summed E-state index contributed by atoms with van der Waals surface area (Å²) in [4.78, 5) is 22.7. The van der Waals surface area contributed by atoms with Crippen LogP contribution in [0.3, 0.4) is 0 Å². The summed E-state index contributed by atoms with van der Waals surface area (Å²) >= 11 is 15.8. The van der Waals surface area contributed by atoms with Gasteiger partial charge in [0, 0.05) is 16.6 Å². The molecule has 0 aliphatic rings. The second-order valence-corrected chi connectivity index (χ2v) is 10.1. The maximum atomic E-state index is 13.7. The van der Waals surface area contributed by atoms with Gasteiger partial charge in [-0.15, -0.1) is 11.3 Å². The molecule has 0 radical (unpaired) electrons. The van der Waals surface area contributed by atoms with Crippen LogP contribution in [0.15, 0.2) is 36.4 Å². The number of fused-ring (bicyclic) bond motifs is 2. The predicted octanol–water partition coefficient (Wildman–Crippen LogP) is 6.42. The molecule has 0 N–H and O–H groups in total. The molecule has 0 saturated heterocycles. The predicted molar refractivity (Wildman–Crippen MR) is 133 cm³/mol. The lowest BCUT2D eigenvalue weighted by molar-refractivity contribution is 0.0990. The molecule has 0 bridgehead atoms. The number of anilines is 1. The fourth-order valence-electron chi connectivity index (χ4n) is 3.32. The maximum Gasteiger partial charge on any atom is 0.271 e. The molecular formula is C22H21Cl2N3O2S2. The van der Waals surface area contributed by atoms with E-state index in [-0.39, 0.29) is 5.91 Å². The van der Waals surface area contributed by atoms with Crippen molar-refractivity contribution < 1.29 is 9.53 Å². The van der Waals surface area contributed by atoms with Gasteiger partial charge in [0.25, 0.3) is 5.91 Å². The number of halogens is 2. The molecule has 5 nitrogen and oxygen atoms in total. The van der Waals surface area contributed by atoms with Crippen LogP contribution in [0.4, 0.5) is 5.13 Å². The van der Waals surface area contributed by atoms with E-state index < -0.39 is 0 Å². The molecule has 4 rings (SSSR count). The number of ether oxygens (including phenoxy) is 1. The summed E-state index contributed by atoms with van der Waals surface area (Å²) in [5.74, 6) is 0.474. The summed E-state index contributed by atoms with van der Waals surface area (Å²) in [6.45, 7) is 1.36. The highest BCUT2D eigenvalue weighted by Crippen LogP contribution is 2.41. The van der Waals surface area contributed by atoms with Crippen LogP contribution >= 0.6 is 45.9 Å². The molecule has 4 aromatic rings. The minimum atomic E-state index is -0.154. The summed E-state index contributed by atoms with van der Waals surface area (Å²) in [5, 5.41) is 2.54. The van der Waals surface area contributed by atoms with Gasteiger partial charge in [-0.1, -0.05) is 52.7 Å². The quantitative estimate of drug-likeness (QED) is 0.297. The standard InChI is InChI=1S/C22H21Cl2N3O2S2/c1-26(2)11-6-12-27(21(28)20-17(24)13-7-4-5-8-16(13)30-20)22-25-18-15(29-3)10-9-14(23)19(18)31-22/h4-5,7-10H,6,11-12H2,1-3H3. The van der Waals surface area contributed by atoms with E-state index in [1.165, 1.54) is 22.7 Å². The number of rotatable bonds is 7. The number of methoxy groups -OCH3 is 1. The zero-order chi connectivity index (χ0) is 22.1. The van der Waals surface area contributed by atoms with Crippen LogP contribution in [0.2, 0.25) is 10.0 Å². The average molecular weight is 494 g/mol. The lowest BCUT2D eigenvalue weighted by atomic mass is 10.2. The van der Waals surface area contributed by atoms with Gasteiger partial charge >= 0.3 is 0 Å². The molecule has 0 unspecified atom stereocenters. The Morgan fingerprint density at radius 3 is 2.58 bits per heavy atom. The number of aromatic nitrogens is 1. The molecular weight excluding hydrogens is 473 g/mol. The Morgan fingerprint density at radius 1 is 1.10 bits per heavy atom. The van der Waals surface area contributed by atoms with Crippen molar-refractivity contribution in [3.8, 4) is 5.75 Å². The zero-order valence-electron chi connectivity index (χ0n) is 17.3. The topological polar surface area (TPSA) is 45.7 Å². The van der Waals surface area contributed by atoms with Gasteiger partial charge in [0.2, 0.25) is 0 Å². The first-order valence-corrected chi connectivity index (χ1v) is 12.1. The molecule has 2 aromatic carbocycles. The molecule has 0 spiro atoms. The monoisotopic (exact) mass is 493 g/mol. The zero-order valence-corrected chi connectivity index (χ0v) is 20.5. The van der Waals surface area contributed by atoms with Gasteiger partial charge in [-0.25, -0.2) is 4.98 Å². The summed E-state index contributed by atoms with van der Waals surface area (Å²) in [6.07, 6.45) is 0.794. The molecule has 0 atom stereocenters. The largest absolute Gasteiger partial charge is 0.494 e. The van der Waals surface area contributed by atoms with Crippen LogP contribution in [0.5, 0.6) is 5.75 Å². The molecule has 162 valence electrons. The molecule has 9 heteroatoms. The van der Waals surface area contributed by atoms with Gasteiger partial charge in [0.05, 0.1) is 21.9 Å². The second kappa shape index (κ2) is 9.30. The van der Waals surface area contributed by atoms with Crippen molar-refractivity contribution in [3.05, 3.63) is 51.3 Å². The van der Waals surface area contributed by atoms with Gasteiger partial charge < -0.3 is 9.64 Å². The second-order valence-electron chi connectivity index (χ2n) is 7.28. The van der Waals surface area contributed by atoms with Crippen molar-refractivity contribution in [2.24, 2.45) is 0 Å². The van der Waals surface area contributed by atoms with Gasteiger partial charge in [-0.3, -0.25) is 9.69 Å². The maximum absolute atomic E-state index is 13.7. The third-order valence-electron chi connectivity index (χ3n) is 4.86. The molecule has 0 aliphatic carbocycles. The lowest BCUT2D eigenvalue weighted by Gasteiger charge is -2.20. The molecule has 0 aliphatic heterocycles. The Labute approximate surface area is 198 Å². The number of nitrogens with zero attached hydrogens (tertiary/aromatic N) is 3. The first kappa shape index (κ1) is 22.3. The van der Waals surface area contributed by atoms with Gasteiger partial charge in [0.15, 0.2) is 5.13 Å². The number of thiophene rings is 1. The van der Waals surface area contributed by atoms with E-state index in [2.05, 4.69) is 4.90 Å². The normalized spacial score (nSPS) is 11.5. The third-order valence-corrected chi connectivity index (χ3v) is 8.06. The van der Waals surface area contributed by atoms with Crippen molar-refractivity contribution >= 4 is 77.2 Å². The highest BCUT2D eigenvalue weighted by molar-refractivity contribution is 7.23. The van der Waals surface area contributed by atoms with Crippen LogP contribution < -0.4 is 9.64 Å². The molecule has 2 aromatic heterocycles. The molecule has 2 heterocycles. The van der Waals surface area contributed by atoms with E-state index >= 15 is 0 Å². The fraction of sp³-hybridized carbons (Fsp3) is 0.273. The van der Waals surface area contributed by atoms with Gasteiger partial charge in [-0.05, 0) is 45.3 Å². The average Bonchev–Trinajstić information content (AvgIpc) is 3.34. The molecule has 0 fully saturated rings. The number of benzene rings is 2. The number of hydrogen-bond donors (Lipinski definition) is 0. The van der Waals surface area contributed by atoms with E-state index in [9.17, 15) is 4.79 Å². The van der Waals surface area contributed by atoms with Crippen molar-refractivity contribution in [3.63, 3.8) is 0 Å². The van der Waals surface area contributed by atoms with Crippen LogP contribution in [-0.4, -0.2) is 50.1 Å². The third kappa shape index (κ3) is 4.38. The first-order chi connectivity index (χ1) is 14.9. The molecule has 31 heavy (non-hydrogen) atoms. The Kier molecular flexibility index (Phi) is 6.69. The molecule has 1 amide bonds. The van der Waals surface area contributed by atoms with E-state index in [4.69, 9.17) is 32.9 Å². The Hall–Kier alpha value is -1.90. The summed E-state index contributed by atoms with van der Waals surface area (Å²) in [6, 6.07) is 11.3. The van der Waals surface area contributed by atoms with Crippen molar-refractivity contribution in [2.75, 3.05) is 39.2 Å². The number of carbonyl (C=O) groups is 1. The van der Waals surface area contributed by atoms with E-state index in [1.54, 1.807) is 24.1 Å². The van der Waals surface area contributed by atoms with E-state index in [0.717, 1.165) is 27.8 Å². The smallest absolute Gasteiger partial charge is 0.271 e. The minimum Gasteiger partial charge on any atom is -0.494 e. The highest BCUT2D eigenvalue weighted by Gasteiger charge is 2.27. The lowest BCUT2D eigenvalue weighted by Crippen LogP contribution is -2.33. The van der Waals surface area contributed by atoms with E-state index in [1.807, 2.05) is 38.4 Å². The fourth-order valence-corrected chi connectivity index (χ4v) is 6.07. The Balaban J connectivity index is 1.78. The van der Waals surface area contributed by atoms with Crippen molar-refractivity contribution in [1.29, 1.82) is 0 Å². The SMILES string of the molecule is COc1ccc(Cl)c2sc(N(CCCN(C)C)C(=O)c3sc4ccccc4c3Cl)nc12. The van der Waals surface area contributed by atoms with Crippen molar-refractivity contribution in [2.45, 2.75) is 6.42 Å². The Bertz CT molecular complexity index is 1250. The minimum absolute atomic E-state index is 0.154.